The van der Waals surface area contributed by atoms with Gasteiger partial charge < -0.3 is 14.7 Å². The lowest BCUT2D eigenvalue weighted by molar-refractivity contribution is -0.117. The second kappa shape index (κ2) is 9.62. The van der Waals surface area contributed by atoms with Crippen molar-refractivity contribution in [1.29, 1.82) is 0 Å². The quantitative estimate of drug-likeness (QED) is 0.788. The SMILES string of the molecule is Cc1cc(CN2CCN(CC(=O)Nc3ccc(N4CCC(C)CC4)cc3)CC2)no1. The van der Waals surface area contributed by atoms with E-state index in [1.165, 1.54) is 18.5 Å². The first-order valence-corrected chi connectivity index (χ1v) is 11.1. The lowest BCUT2D eigenvalue weighted by Gasteiger charge is -2.33. The number of carbonyl (C=O) groups excluding carboxylic acids is 1. The molecular formula is C23H33N5O2. The number of hydrogen-bond acceptors (Lipinski definition) is 6. The molecule has 0 atom stereocenters. The highest BCUT2D eigenvalue weighted by atomic mass is 16.5. The first-order valence-electron chi connectivity index (χ1n) is 11.1. The Morgan fingerprint density at radius 3 is 2.37 bits per heavy atom. The maximum Gasteiger partial charge on any atom is 0.238 e. The van der Waals surface area contributed by atoms with E-state index in [1.807, 2.05) is 25.1 Å². The van der Waals surface area contributed by atoms with Crippen molar-refractivity contribution in [1.82, 2.24) is 15.0 Å². The van der Waals surface area contributed by atoms with Gasteiger partial charge in [-0.25, -0.2) is 0 Å². The Hall–Kier alpha value is -2.38. The Morgan fingerprint density at radius 1 is 1.07 bits per heavy atom. The van der Waals surface area contributed by atoms with Crippen LogP contribution in [0.25, 0.3) is 0 Å². The zero-order chi connectivity index (χ0) is 20.9. The molecule has 0 radical (unpaired) electrons. The minimum Gasteiger partial charge on any atom is -0.372 e. The largest absolute Gasteiger partial charge is 0.372 e. The van der Waals surface area contributed by atoms with Gasteiger partial charge in [-0.3, -0.25) is 14.6 Å². The Kier molecular flexibility index (Phi) is 6.69. The molecule has 2 aromatic rings. The number of rotatable bonds is 6. The van der Waals surface area contributed by atoms with E-state index in [1.54, 1.807) is 0 Å². The number of nitrogens with one attached hydrogen (secondary N) is 1. The average Bonchev–Trinajstić information content (AvgIpc) is 3.15. The van der Waals surface area contributed by atoms with E-state index in [9.17, 15) is 4.79 Å². The van der Waals surface area contributed by atoms with E-state index in [4.69, 9.17) is 4.52 Å². The van der Waals surface area contributed by atoms with E-state index in [2.05, 4.69) is 44.2 Å². The van der Waals surface area contributed by atoms with E-state index in [-0.39, 0.29) is 5.91 Å². The maximum atomic E-state index is 12.5. The van der Waals surface area contributed by atoms with E-state index >= 15 is 0 Å². The van der Waals surface area contributed by atoms with Gasteiger partial charge in [0.25, 0.3) is 0 Å². The summed E-state index contributed by atoms with van der Waals surface area (Å²) in [6, 6.07) is 10.3. The molecule has 4 rings (SSSR count). The van der Waals surface area contributed by atoms with Gasteiger partial charge in [0.15, 0.2) is 0 Å². The summed E-state index contributed by atoms with van der Waals surface area (Å²) in [5.74, 6) is 1.72. The highest BCUT2D eigenvalue weighted by molar-refractivity contribution is 5.92. The van der Waals surface area contributed by atoms with E-state index < -0.39 is 0 Å². The van der Waals surface area contributed by atoms with Crippen molar-refractivity contribution in [3.8, 4) is 0 Å². The van der Waals surface area contributed by atoms with Crippen LogP contribution in [0.1, 0.15) is 31.2 Å². The molecule has 1 aromatic carbocycles. The monoisotopic (exact) mass is 411 g/mol. The third kappa shape index (κ3) is 5.61. The van der Waals surface area contributed by atoms with Gasteiger partial charge in [0.1, 0.15) is 5.76 Å². The van der Waals surface area contributed by atoms with Crippen molar-refractivity contribution < 1.29 is 9.32 Å². The van der Waals surface area contributed by atoms with Crippen LogP contribution >= 0.6 is 0 Å². The Morgan fingerprint density at radius 2 is 1.73 bits per heavy atom. The van der Waals surface area contributed by atoms with Crippen molar-refractivity contribution in [2.24, 2.45) is 5.92 Å². The topological polar surface area (TPSA) is 64.8 Å². The smallest absolute Gasteiger partial charge is 0.238 e. The Labute approximate surface area is 179 Å². The molecule has 1 N–H and O–H groups in total. The molecule has 0 unspecified atom stereocenters. The van der Waals surface area contributed by atoms with Gasteiger partial charge in [0.2, 0.25) is 5.91 Å². The molecular weight excluding hydrogens is 378 g/mol. The molecule has 0 spiro atoms. The second-order valence-electron chi connectivity index (χ2n) is 8.75. The number of piperazine rings is 1. The number of aryl methyl sites for hydroxylation is 1. The molecule has 2 aliphatic rings. The number of benzene rings is 1. The number of aromatic nitrogens is 1. The Bertz CT molecular complexity index is 818. The highest BCUT2D eigenvalue weighted by Crippen LogP contribution is 2.24. The lowest BCUT2D eigenvalue weighted by atomic mass is 9.99. The summed E-state index contributed by atoms with van der Waals surface area (Å²) in [5, 5.41) is 7.11. The highest BCUT2D eigenvalue weighted by Gasteiger charge is 2.20. The Balaban J connectivity index is 1.19. The summed E-state index contributed by atoms with van der Waals surface area (Å²) < 4.78 is 5.14. The lowest BCUT2D eigenvalue weighted by Crippen LogP contribution is -2.48. The summed E-state index contributed by atoms with van der Waals surface area (Å²) in [4.78, 5) is 19.5. The van der Waals surface area contributed by atoms with Crippen molar-refractivity contribution >= 4 is 17.3 Å². The van der Waals surface area contributed by atoms with E-state index in [0.717, 1.165) is 68.9 Å². The van der Waals surface area contributed by atoms with Gasteiger partial charge in [0.05, 0.1) is 12.2 Å². The minimum absolute atomic E-state index is 0.0510. The fraction of sp³-hybridized carbons (Fsp3) is 0.565. The van der Waals surface area contributed by atoms with E-state index in [0.29, 0.717) is 6.54 Å². The molecule has 7 nitrogen and oxygen atoms in total. The van der Waals surface area contributed by atoms with Crippen LogP contribution < -0.4 is 10.2 Å². The molecule has 0 bridgehead atoms. The zero-order valence-corrected chi connectivity index (χ0v) is 18.1. The molecule has 0 saturated carbocycles. The van der Waals surface area contributed by atoms with Crippen LogP contribution in [-0.2, 0) is 11.3 Å². The van der Waals surface area contributed by atoms with Gasteiger partial charge >= 0.3 is 0 Å². The van der Waals surface area contributed by atoms with Crippen molar-refractivity contribution in [3.63, 3.8) is 0 Å². The first-order chi connectivity index (χ1) is 14.5. The zero-order valence-electron chi connectivity index (χ0n) is 18.1. The maximum absolute atomic E-state index is 12.5. The number of amides is 1. The standard InChI is InChI=1S/C23H33N5O2/c1-18-7-9-28(10-8-18)22-5-3-20(4-6-22)24-23(29)17-27-13-11-26(12-14-27)16-21-15-19(2)30-25-21/h3-6,15,18H,7-14,16-17H2,1-2H3,(H,24,29). The fourth-order valence-corrected chi connectivity index (χ4v) is 4.25. The molecule has 2 aliphatic heterocycles. The molecule has 1 aromatic heterocycles. The third-order valence-electron chi connectivity index (χ3n) is 6.19. The van der Waals surface area contributed by atoms with Gasteiger partial charge in [-0.2, -0.15) is 0 Å². The molecule has 162 valence electrons. The third-order valence-corrected chi connectivity index (χ3v) is 6.19. The normalized spacial score (nSPS) is 19.2. The van der Waals surface area contributed by atoms with Crippen LogP contribution in [-0.4, -0.2) is 66.7 Å². The number of carbonyl (C=O) groups is 1. The van der Waals surface area contributed by atoms with Gasteiger partial charge in [-0.15, -0.1) is 0 Å². The number of hydrogen-bond donors (Lipinski definition) is 1. The van der Waals surface area contributed by atoms with Crippen LogP contribution in [0.3, 0.4) is 0 Å². The summed E-state index contributed by atoms with van der Waals surface area (Å²) in [7, 11) is 0. The number of nitrogens with zero attached hydrogens (tertiary/aromatic N) is 4. The first kappa shape index (κ1) is 20.9. The number of anilines is 2. The fourth-order valence-electron chi connectivity index (χ4n) is 4.25. The summed E-state index contributed by atoms with van der Waals surface area (Å²) in [6.07, 6.45) is 2.51. The van der Waals surface area contributed by atoms with Crippen LogP contribution in [0.5, 0.6) is 0 Å². The van der Waals surface area contributed by atoms with Crippen molar-refractivity contribution in [3.05, 3.63) is 41.8 Å². The second-order valence-corrected chi connectivity index (χ2v) is 8.75. The number of piperidine rings is 1. The molecule has 7 heteroatoms. The average molecular weight is 412 g/mol. The summed E-state index contributed by atoms with van der Waals surface area (Å²) in [6.45, 7) is 11.4. The van der Waals surface area contributed by atoms with Gasteiger partial charge in [-0.05, 0) is 49.9 Å². The van der Waals surface area contributed by atoms with Crippen molar-refractivity contribution in [2.75, 3.05) is 56.0 Å². The van der Waals surface area contributed by atoms with Gasteiger partial charge in [-0.1, -0.05) is 12.1 Å². The minimum atomic E-state index is 0.0510. The molecule has 2 fully saturated rings. The molecule has 1 amide bonds. The van der Waals surface area contributed by atoms with Gasteiger partial charge in [0, 0.05) is 63.3 Å². The summed E-state index contributed by atoms with van der Waals surface area (Å²) in [5.41, 5.74) is 3.09. The molecule has 2 saturated heterocycles. The predicted molar refractivity (Wildman–Crippen MR) is 119 cm³/mol. The van der Waals surface area contributed by atoms with Crippen molar-refractivity contribution in [2.45, 2.75) is 33.2 Å². The van der Waals surface area contributed by atoms with Crippen LogP contribution in [0.15, 0.2) is 34.9 Å². The molecule has 30 heavy (non-hydrogen) atoms. The summed E-state index contributed by atoms with van der Waals surface area (Å²) >= 11 is 0. The van der Waals surface area contributed by atoms with Crippen LogP contribution in [0, 0.1) is 12.8 Å². The molecule has 3 heterocycles. The molecule has 0 aliphatic carbocycles. The predicted octanol–water partition coefficient (Wildman–Crippen LogP) is 2.98. The van der Waals surface area contributed by atoms with Crippen LogP contribution in [0.2, 0.25) is 0 Å². The van der Waals surface area contributed by atoms with Crippen LogP contribution in [0.4, 0.5) is 11.4 Å².